The lowest BCUT2D eigenvalue weighted by Gasteiger charge is -2.45. The highest BCUT2D eigenvalue weighted by Gasteiger charge is 2.73. The summed E-state index contributed by atoms with van der Waals surface area (Å²) >= 11 is 6.10. The molecule has 2 aromatic rings. The maximum Gasteiger partial charge on any atom is 0.307 e. The Balaban J connectivity index is 1.70. The van der Waals surface area contributed by atoms with Crippen LogP contribution in [-0.4, -0.2) is 54.3 Å². The van der Waals surface area contributed by atoms with Gasteiger partial charge in [-0.2, -0.15) is 0 Å². The Morgan fingerprint density at radius 1 is 1.09 bits per heavy atom. The fourth-order valence-electron chi connectivity index (χ4n) is 5.77. The zero-order valence-corrected chi connectivity index (χ0v) is 19.5. The molecule has 0 bridgehead atoms. The van der Waals surface area contributed by atoms with Crippen LogP contribution in [0.1, 0.15) is 23.6 Å². The van der Waals surface area contributed by atoms with Crippen LogP contribution in [0.5, 0.6) is 0 Å². The van der Waals surface area contributed by atoms with Crippen LogP contribution >= 0.6 is 11.6 Å². The highest BCUT2D eigenvalue weighted by Crippen LogP contribution is 2.57. The van der Waals surface area contributed by atoms with Crippen LogP contribution in [0.25, 0.3) is 0 Å². The van der Waals surface area contributed by atoms with Gasteiger partial charge in [0.05, 0.1) is 31.1 Å². The number of piperazine rings is 1. The van der Waals surface area contributed by atoms with Crippen molar-refractivity contribution in [3.63, 3.8) is 0 Å². The lowest BCUT2D eigenvalue weighted by Crippen LogP contribution is -2.67. The Bertz CT molecular complexity index is 1180. The van der Waals surface area contributed by atoms with E-state index in [1.54, 1.807) is 36.4 Å². The number of benzene rings is 2. The standard InChI is InChI=1S/C25H24ClN3O5/c1-14-3-9-17(10-4-14)29-22(31)19-20(23(29)32)25(13-18(30)34-2)24(33)27-11-12-28(25)21(19)15-5-7-16(26)8-6-15/h3-10,19-21H,11-13H2,1-2H3,(H,27,33)/t19-,20-,21+,25-/m0/s1. The summed E-state index contributed by atoms with van der Waals surface area (Å²) in [5.74, 6) is -3.81. The van der Waals surface area contributed by atoms with E-state index in [1.165, 1.54) is 7.11 Å². The molecule has 3 fully saturated rings. The SMILES string of the molecule is COC(=O)C[C@]12C(=O)NCCN1[C@H](c1ccc(Cl)cc1)[C@H]1C(=O)N(c3ccc(C)cc3)C(=O)[C@H]12. The van der Waals surface area contributed by atoms with Crippen molar-refractivity contribution in [1.82, 2.24) is 10.2 Å². The van der Waals surface area contributed by atoms with E-state index in [4.69, 9.17) is 16.3 Å². The van der Waals surface area contributed by atoms with Crippen LogP contribution < -0.4 is 10.2 Å². The molecule has 0 aliphatic carbocycles. The van der Waals surface area contributed by atoms with Crippen LogP contribution in [-0.2, 0) is 23.9 Å². The maximum absolute atomic E-state index is 13.9. The topological polar surface area (TPSA) is 96.0 Å². The first-order chi connectivity index (χ1) is 16.3. The van der Waals surface area contributed by atoms with Crippen molar-refractivity contribution in [2.75, 3.05) is 25.1 Å². The minimum absolute atomic E-state index is 0.332. The Labute approximate surface area is 201 Å². The highest BCUT2D eigenvalue weighted by molar-refractivity contribution is 6.30. The minimum Gasteiger partial charge on any atom is -0.469 e. The number of methoxy groups -OCH3 is 1. The molecule has 0 unspecified atom stereocenters. The number of nitrogens with zero attached hydrogens (tertiary/aromatic N) is 2. The lowest BCUT2D eigenvalue weighted by atomic mass is 9.76. The van der Waals surface area contributed by atoms with E-state index < -0.39 is 41.2 Å². The Morgan fingerprint density at radius 3 is 2.41 bits per heavy atom. The van der Waals surface area contributed by atoms with E-state index >= 15 is 0 Å². The fraction of sp³-hybridized carbons (Fsp3) is 0.360. The Hall–Kier alpha value is -3.23. The molecule has 3 amide bonds. The zero-order valence-electron chi connectivity index (χ0n) is 18.8. The number of fused-ring (bicyclic) bond motifs is 3. The molecule has 0 spiro atoms. The molecule has 3 aliphatic heterocycles. The molecule has 9 heteroatoms. The predicted molar refractivity (Wildman–Crippen MR) is 124 cm³/mol. The van der Waals surface area contributed by atoms with Crippen molar-refractivity contribution in [3.05, 3.63) is 64.7 Å². The van der Waals surface area contributed by atoms with E-state index in [-0.39, 0.29) is 12.3 Å². The molecule has 0 saturated carbocycles. The van der Waals surface area contributed by atoms with Gasteiger partial charge in [0.1, 0.15) is 5.54 Å². The van der Waals surface area contributed by atoms with Gasteiger partial charge in [-0.1, -0.05) is 41.4 Å². The average molecular weight is 482 g/mol. The fourth-order valence-corrected chi connectivity index (χ4v) is 5.89. The van der Waals surface area contributed by atoms with Gasteiger partial charge < -0.3 is 10.1 Å². The predicted octanol–water partition coefficient (Wildman–Crippen LogP) is 2.24. The molecule has 8 nitrogen and oxygen atoms in total. The quantitative estimate of drug-likeness (QED) is 0.531. The lowest BCUT2D eigenvalue weighted by molar-refractivity contribution is -0.154. The third kappa shape index (κ3) is 3.16. The summed E-state index contributed by atoms with van der Waals surface area (Å²) in [5, 5.41) is 3.36. The number of carbonyl (C=O) groups excluding carboxylic acids is 4. The number of carbonyl (C=O) groups is 4. The number of hydrogen-bond acceptors (Lipinski definition) is 6. The summed E-state index contributed by atoms with van der Waals surface area (Å²) in [4.78, 5) is 56.9. The molecule has 0 aromatic heterocycles. The first-order valence-electron chi connectivity index (χ1n) is 11.1. The normalized spacial score (nSPS) is 28.5. The number of imide groups is 1. The van der Waals surface area contributed by atoms with Crippen LogP contribution in [0.4, 0.5) is 5.69 Å². The van der Waals surface area contributed by atoms with E-state index in [1.807, 2.05) is 24.0 Å². The molecule has 4 atom stereocenters. The van der Waals surface area contributed by atoms with Gasteiger partial charge in [-0.25, -0.2) is 4.90 Å². The molecular formula is C25H24ClN3O5. The first kappa shape index (κ1) is 22.6. The Kier molecular flexibility index (Phi) is 5.45. The van der Waals surface area contributed by atoms with Crippen molar-refractivity contribution < 1.29 is 23.9 Å². The van der Waals surface area contributed by atoms with Gasteiger partial charge in [0.15, 0.2) is 0 Å². The minimum atomic E-state index is -1.54. The molecule has 3 saturated heterocycles. The van der Waals surface area contributed by atoms with Crippen molar-refractivity contribution in [1.29, 1.82) is 0 Å². The number of halogens is 1. The molecule has 34 heavy (non-hydrogen) atoms. The van der Waals surface area contributed by atoms with Gasteiger partial charge in [0, 0.05) is 24.2 Å². The first-order valence-corrected chi connectivity index (χ1v) is 11.5. The number of ether oxygens (including phenoxy) is 1. The van der Waals surface area contributed by atoms with Gasteiger partial charge in [0.25, 0.3) is 0 Å². The monoisotopic (exact) mass is 481 g/mol. The second-order valence-electron chi connectivity index (χ2n) is 8.97. The zero-order chi connectivity index (χ0) is 24.2. The van der Waals surface area contributed by atoms with Crippen molar-refractivity contribution in [3.8, 4) is 0 Å². The molecule has 1 N–H and O–H groups in total. The van der Waals surface area contributed by atoms with Gasteiger partial charge in [-0.3, -0.25) is 24.1 Å². The Morgan fingerprint density at radius 2 is 1.76 bits per heavy atom. The van der Waals surface area contributed by atoms with Gasteiger partial charge in [-0.05, 0) is 36.8 Å². The third-order valence-electron chi connectivity index (χ3n) is 7.23. The highest BCUT2D eigenvalue weighted by atomic mass is 35.5. The molecule has 0 radical (unpaired) electrons. The summed E-state index contributed by atoms with van der Waals surface area (Å²) in [6, 6.07) is 13.5. The smallest absolute Gasteiger partial charge is 0.307 e. The van der Waals surface area contributed by atoms with Crippen molar-refractivity contribution in [2.24, 2.45) is 11.8 Å². The van der Waals surface area contributed by atoms with Gasteiger partial charge >= 0.3 is 5.97 Å². The van der Waals surface area contributed by atoms with E-state index in [0.717, 1.165) is 16.0 Å². The number of nitrogens with one attached hydrogen (secondary N) is 1. The van der Waals surface area contributed by atoms with Crippen LogP contribution in [0, 0.1) is 18.8 Å². The maximum atomic E-state index is 13.9. The van der Waals surface area contributed by atoms with Gasteiger partial charge in [-0.15, -0.1) is 0 Å². The number of aryl methyl sites for hydroxylation is 1. The van der Waals surface area contributed by atoms with Crippen LogP contribution in [0.2, 0.25) is 5.02 Å². The number of esters is 1. The van der Waals surface area contributed by atoms with E-state index in [2.05, 4.69) is 5.32 Å². The summed E-state index contributed by atoms with van der Waals surface area (Å²) < 4.78 is 4.92. The van der Waals surface area contributed by atoms with Crippen molar-refractivity contribution in [2.45, 2.75) is 24.9 Å². The number of rotatable bonds is 4. The molecule has 5 rings (SSSR count). The molecule has 3 aliphatic rings. The third-order valence-corrected chi connectivity index (χ3v) is 7.48. The second kappa shape index (κ2) is 8.21. The number of anilines is 1. The van der Waals surface area contributed by atoms with Gasteiger partial charge in [0.2, 0.25) is 17.7 Å². The van der Waals surface area contributed by atoms with Crippen molar-refractivity contribution >= 4 is 41.0 Å². The second-order valence-corrected chi connectivity index (χ2v) is 9.41. The average Bonchev–Trinajstić information content (AvgIpc) is 3.26. The van der Waals surface area contributed by atoms with Crippen LogP contribution in [0.15, 0.2) is 48.5 Å². The number of hydrogen-bond donors (Lipinski definition) is 1. The van der Waals surface area contributed by atoms with E-state index in [9.17, 15) is 19.2 Å². The number of amides is 3. The van der Waals surface area contributed by atoms with E-state index in [0.29, 0.717) is 23.8 Å². The largest absolute Gasteiger partial charge is 0.469 e. The summed E-state index contributed by atoms with van der Waals surface area (Å²) in [6.45, 7) is 2.64. The summed E-state index contributed by atoms with van der Waals surface area (Å²) in [6.07, 6.45) is -0.332. The molecule has 176 valence electrons. The summed E-state index contributed by atoms with van der Waals surface area (Å²) in [7, 11) is 1.24. The van der Waals surface area contributed by atoms with Crippen LogP contribution in [0.3, 0.4) is 0 Å². The molecular weight excluding hydrogens is 458 g/mol. The summed E-state index contributed by atoms with van der Waals surface area (Å²) in [5.41, 5.74) is 0.655. The molecule has 3 heterocycles. The molecule has 2 aromatic carbocycles.